The van der Waals surface area contributed by atoms with Crippen LogP contribution in [-0.4, -0.2) is 31.3 Å². The number of nitrogens with zero attached hydrogens (tertiary/aromatic N) is 1. The normalized spacial score (nSPS) is 11.2. The van der Waals surface area contributed by atoms with E-state index in [4.69, 9.17) is 15.2 Å². The van der Waals surface area contributed by atoms with Crippen molar-refractivity contribution in [3.8, 4) is 11.5 Å². The standard InChI is InChI=1S/C18H15F3N2O5/c19-18(20,21)13-2-1-3-15(8-13)27-11-17(25)28-23-9-12-4-6-14(7-5-12)26-10-16(22)24/h1-9H,10-11H2,(H2,22,24). The van der Waals surface area contributed by atoms with Crippen LogP contribution in [0.5, 0.6) is 11.5 Å². The van der Waals surface area contributed by atoms with E-state index in [1.807, 2.05) is 0 Å². The number of halogens is 3. The molecule has 10 heteroatoms. The summed E-state index contributed by atoms with van der Waals surface area (Å²) in [5.74, 6) is -1.20. The Balaban J connectivity index is 1.80. The van der Waals surface area contributed by atoms with Crippen LogP contribution in [0.1, 0.15) is 11.1 Å². The van der Waals surface area contributed by atoms with Crippen LogP contribution in [0.15, 0.2) is 53.7 Å². The second-order valence-corrected chi connectivity index (χ2v) is 5.34. The predicted molar refractivity (Wildman–Crippen MR) is 91.8 cm³/mol. The third kappa shape index (κ3) is 6.98. The van der Waals surface area contributed by atoms with Crippen LogP contribution in [0.3, 0.4) is 0 Å². The smallest absolute Gasteiger partial charge is 0.416 e. The number of hydrogen-bond donors (Lipinski definition) is 1. The van der Waals surface area contributed by atoms with Gasteiger partial charge in [0.2, 0.25) is 0 Å². The van der Waals surface area contributed by atoms with E-state index in [2.05, 4.69) is 9.99 Å². The Morgan fingerprint density at radius 2 is 1.68 bits per heavy atom. The lowest BCUT2D eigenvalue weighted by molar-refractivity contribution is -0.145. The summed E-state index contributed by atoms with van der Waals surface area (Å²) < 4.78 is 47.9. The molecule has 0 fully saturated rings. The van der Waals surface area contributed by atoms with E-state index in [1.165, 1.54) is 18.3 Å². The van der Waals surface area contributed by atoms with Crippen molar-refractivity contribution < 1.29 is 37.1 Å². The molecule has 2 rings (SSSR count). The highest BCUT2D eigenvalue weighted by molar-refractivity contribution is 5.80. The Morgan fingerprint density at radius 3 is 2.32 bits per heavy atom. The molecule has 0 heterocycles. The first kappa shape index (κ1) is 20.7. The summed E-state index contributed by atoms with van der Waals surface area (Å²) in [4.78, 5) is 26.7. The predicted octanol–water partition coefficient (Wildman–Crippen LogP) is 2.53. The number of alkyl halides is 3. The van der Waals surface area contributed by atoms with Gasteiger partial charge in [0.25, 0.3) is 5.91 Å². The summed E-state index contributed by atoms with van der Waals surface area (Å²) in [6.45, 7) is -0.866. The van der Waals surface area contributed by atoms with E-state index in [9.17, 15) is 22.8 Å². The first-order valence-electron chi connectivity index (χ1n) is 7.78. The molecule has 0 aliphatic heterocycles. The van der Waals surface area contributed by atoms with Crippen molar-refractivity contribution in [3.05, 3.63) is 59.7 Å². The van der Waals surface area contributed by atoms with E-state index in [1.54, 1.807) is 24.3 Å². The van der Waals surface area contributed by atoms with Gasteiger partial charge in [0.1, 0.15) is 11.5 Å². The quantitative estimate of drug-likeness (QED) is 0.420. The van der Waals surface area contributed by atoms with Crippen LogP contribution in [0.2, 0.25) is 0 Å². The first-order valence-corrected chi connectivity index (χ1v) is 7.78. The molecule has 0 radical (unpaired) electrons. The third-order valence-electron chi connectivity index (χ3n) is 3.14. The maximum Gasteiger partial charge on any atom is 0.416 e. The molecule has 0 atom stereocenters. The summed E-state index contributed by atoms with van der Waals surface area (Å²) in [6, 6.07) is 10.4. The molecule has 2 aromatic rings. The number of hydrogen-bond acceptors (Lipinski definition) is 6. The van der Waals surface area contributed by atoms with Crippen molar-refractivity contribution in [1.29, 1.82) is 0 Å². The van der Waals surface area contributed by atoms with Crippen molar-refractivity contribution >= 4 is 18.1 Å². The van der Waals surface area contributed by atoms with Crippen molar-refractivity contribution in [1.82, 2.24) is 0 Å². The average Bonchev–Trinajstić information content (AvgIpc) is 2.65. The van der Waals surface area contributed by atoms with Gasteiger partial charge in [-0.25, -0.2) is 4.79 Å². The molecule has 28 heavy (non-hydrogen) atoms. The van der Waals surface area contributed by atoms with Crippen LogP contribution in [0, 0.1) is 0 Å². The minimum atomic E-state index is -4.51. The molecule has 0 unspecified atom stereocenters. The van der Waals surface area contributed by atoms with E-state index in [-0.39, 0.29) is 12.4 Å². The van der Waals surface area contributed by atoms with Gasteiger partial charge in [0.15, 0.2) is 13.2 Å². The zero-order valence-corrected chi connectivity index (χ0v) is 14.3. The fourth-order valence-electron chi connectivity index (χ4n) is 1.88. The lowest BCUT2D eigenvalue weighted by Gasteiger charge is -2.09. The Kier molecular flexibility index (Phi) is 6.96. The van der Waals surface area contributed by atoms with Gasteiger partial charge in [-0.15, -0.1) is 0 Å². The zero-order valence-electron chi connectivity index (χ0n) is 14.3. The van der Waals surface area contributed by atoms with E-state index in [0.29, 0.717) is 11.3 Å². The highest BCUT2D eigenvalue weighted by Crippen LogP contribution is 2.31. The summed E-state index contributed by atoms with van der Waals surface area (Å²) in [7, 11) is 0. The van der Waals surface area contributed by atoms with Crippen molar-refractivity contribution in [2.75, 3.05) is 13.2 Å². The molecule has 1 amide bonds. The molecule has 0 spiro atoms. The van der Waals surface area contributed by atoms with Crippen LogP contribution in [0.4, 0.5) is 13.2 Å². The molecule has 0 saturated carbocycles. The summed E-state index contributed by atoms with van der Waals surface area (Å²) in [5, 5.41) is 3.47. The number of primary amides is 1. The number of rotatable bonds is 8. The molecule has 0 bridgehead atoms. The topological polar surface area (TPSA) is 100 Å². The van der Waals surface area contributed by atoms with Gasteiger partial charge in [-0.05, 0) is 48.0 Å². The van der Waals surface area contributed by atoms with Crippen molar-refractivity contribution in [2.45, 2.75) is 6.18 Å². The molecular weight excluding hydrogens is 381 g/mol. The number of ether oxygens (including phenoxy) is 2. The second-order valence-electron chi connectivity index (χ2n) is 5.34. The van der Waals surface area contributed by atoms with E-state index >= 15 is 0 Å². The number of oxime groups is 1. The number of nitrogens with two attached hydrogens (primary N) is 1. The fraction of sp³-hybridized carbons (Fsp3) is 0.167. The maximum absolute atomic E-state index is 12.6. The first-order chi connectivity index (χ1) is 13.2. The van der Waals surface area contributed by atoms with Crippen LogP contribution in [0.25, 0.3) is 0 Å². The average molecular weight is 396 g/mol. The van der Waals surface area contributed by atoms with Gasteiger partial charge in [-0.2, -0.15) is 13.2 Å². The molecule has 7 nitrogen and oxygen atoms in total. The molecule has 148 valence electrons. The summed E-state index contributed by atoms with van der Waals surface area (Å²) in [5.41, 5.74) is 4.64. The Labute approximate surface area is 157 Å². The van der Waals surface area contributed by atoms with Crippen LogP contribution < -0.4 is 15.2 Å². The van der Waals surface area contributed by atoms with Gasteiger partial charge in [0.05, 0.1) is 11.8 Å². The highest BCUT2D eigenvalue weighted by Gasteiger charge is 2.30. The Hall–Kier alpha value is -3.56. The summed E-state index contributed by atoms with van der Waals surface area (Å²) in [6.07, 6.45) is -3.27. The molecule has 0 aliphatic carbocycles. The van der Waals surface area contributed by atoms with Crippen LogP contribution in [-0.2, 0) is 20.6 Å². The third-order valence-corrected chi connectivity index (χ3v) is 3.14. The van der Waals surface area contributed by atoms with Gasteiger partial charge in [0, 0.05) is 0 Å². The molecule has 0 saturated heterocycles. The molecule has 0 aliphatic rings. The molecular formula is C18H15F3N2O5. The monoisotopic (exact) mass is 396 g/mol. The SMILES string of the molecule is NC(=O)COc1ccc(C=NOC(=O)COc2cccc(C(F)(F)F)c2)cc1. The van der Waals surface area contributed by atoms with Gasteiger partial charge >= 0.3 is 12.1 Å². The zero-order chi connectivity index (χ0) is 20.6. The van der Waals surface area contributed by atoms with Crippen molar-refractivity contribution in [2.24, 2.45) is 10.9 Å². The van der Waals surface area contributed by atoms with Gasteiger partial charge in [-0.3, -0.25) is 4.79 Å². The largest absolute Gasteiger partial charge is 0.484 e. The number of carbonyl (C=O) groups is 2. The molecule has 2 N–H and O–H groups in total. The van der Waals surface area contributed by atoms with Gasteiger partial charge < -0.3 is 20.0 Å². The van der Waals surface area contributed by atoms with Crippen molar-refractivity contribution in [3.63, 3.8) is 0 Å². The Bertz CT molecular complexity index is 851. The lowest BCUT2D eigenvalue weighted by atomic mass is 10.2. The highest BCUT2D eigenvalue weighted by atomic mass is 19.4. The number of carbonyl (C=O) groups excluding carboxylic acids is 2. The summed E-state index contributed by atoms with van der Waals surface area (Å²) >= 11 is 0. The lowest BCUT2D eigenvalue weighted by Crippen LogP contribution is -2.19. The molecule has 2 aromatic carbocycles. The maximum atomic E-state index is 12.6. The van der Waals surface area contributed by atoms with E-state index < -0.39 is 30.2 Å². The Morgan fingerprint density at radius 1 is 1.00 bits per heavy atom. The number of amides is 1. The second kappa shape index (κ2) is 9.40. The van der Waals surface area contributed by atoms with E-state index in [0.717, 1.165) is 12.1 Å². The number of benzene rings is 2. The fourth-order valence-corrected chi connectivity index (χ4v) is 1.88. The minimum Gasteiger partial charge on any atom is -0.484 e. The minimum absolute atomic E-state index is 0.123. The van der Waals surface area contributed by atoms with Crippen LogP contribution >= 0.6 is 0 Å². The molecule has 0 aromatic heterocycles. The van der Waals surface area contributed by atoms with Gasteiger partial charge in [-0.1, -0.05) is 11.2 Å².